The van der Waals surface area contributed by atoms with Crippen molar-refractivity contribution in [2.24, 2.45) is 11.8 Å². The van der Waals surface area contributed by atoms with E-state index in [1.54, 1.807) is 13.2 Å². The molecule has 1 aliphatic heterocycles. The Labute approximate surface area is 249 Å². The van der Waals surface area contributed by atoms with Crippen molar-refractivity contribution in [1.82, 2.24) is 15.7 Å². The molecule has 1 heterocycles. The average Bonchev–Trinajstić information content (AvgIpc) is 3.31. The number of hydroxylamine groups is 1. The Bertz CT molecular complexity index is 1340. The van der Waals surface area contributed by atoms with Gasteiger partial charge in [-0.25, -0.2) is 13.2 Å². The summed E-state index contributed by atoms with van der Waals surface area (Å²) >= 11 is 0. The summed E-state index contributed by atoms with van der Waals surface area (Å²) in [6, 6.07) is 12.1. The summed E-state index contributed by atoms with van der Waals surface area (Å²) < 4.78 is 23.3. The van der Waals surface area contributed by atoms with Crippen LogP contribution in [-0.4, -0.2) is 68.2 Å². The molecule has 2 aromatic rings. The Hall–Kier alpha value is -2.79. The van der Waals surface area contributed by atoms with Crippen molar-refractivity contribution in [2.45, 2.75) is 77.0 Å². The Morgan fingerprint density at radius 3 is 2.48 bits per heavy atom. The fraction of sp³-hybridized carbons (Fsp3) is 0.562. The predicted octanol–water partition coefficient (Wildman–Crippen LogP) is 4.55. The van der Waals surface area contributed by atoms with E-state index in [-0.39, 0.29) is 18.3 Å². The van der Waals surface area contributed by atoms with E-state index in [0.717, 1.165) is 41.8 Å². The fourth-order valence-corrected chi connectivity index (χ4v) is 7.21. The number of carboxylic acids is 1. The molecule has 2 fully saturated rings. The maximum Gasteiger partial charge on any atom is 0.326 e. The number of sulfone groups is 1. The smallest absolute Gasteiger partial charge is 0.326 e. The minimum absolute atomic E-state index is 0.0969. The second-order valence-corrected chi connectivity index (χ2v) is 14.3. The van der Waals surface area contributed by atoms with Crippen LogP contribution < -0.4 is 10.8 Å². The van der Waals surface area contributed by atoms with E-state index in [0.29, 0.717) is 23.6 Å². The molecule has 42 heavy (non-hydrogen) atoms. The topological polar surface area (TPSA) is 125 Å². The van der Waals surface area contributed by atoms with Crippen LogP contribution in [0.3, 0.4) is 0 Å². The van der Waals surface area contributed by atoms with Gasteiger partial charge in [-0.15, -0.1) is 0 Å². The number of nitrogens with zero attached hydrogens (tertiary/aromatic N) is 1. The number of likely N-dealkylation sites (tertiary alicyclic amines) is 1. The Morgan fingerprint density at radius 2 is 1.81 bits per heavy atom. The molecule has 0 bridgehead atoms. The summed E-state index contributed by atoms with van der Waals surface area (Å²) in [5, 5.41) is 12.2. The number of carbonyl (C=O) groups is 2. The van der Waals surface area contributed by atoms with Crippen LogP contribution in [0.2, 0.25) is 0 Å². The number of amides is 1. The van der Waals surface area contributed by atoms with Gasteiger partial charge in [0.2, 0.25) is 0 Å². The second kappa shape index (κ2) is 14.6. The fourth-order valence-electron chi connectivity index (χ4n) is 6.54. The van der Waals surface area contributed by atoms with Crippen LogP contribution >= 0.6 is 0 Å². The molecule has 3 atom stereocenters. The largest absolute Gasteiger partial charge is 0.480 e. The lowest BCUT2D eigenvalue weighted by atomic mass is 9.82. The van der Waals surface area contributed by atoms with Crippen molar-refractivity contribution in [3.8, 4) is 11.1 Å². The number of aliphatic carboxylic acids is 1. The molecular weight excluding hydrogens is 554 g/mol. The zero-order chi connectivity index (χ0) is 30.3. The molecule has 0 aromatic heterocycles. The number of carboxylic acid groups (broad SMARTS) is 1. The molecule has 0 spiro atoms. The van der Waals surface area contributed by atoms with Gasteiger partial charge in [-0.1, -0.05) is 62.4 Å². The van der Waals surface area contributed by atoms with Crippen molar-refractivity contribution in [2.75, 3.05) is 25.7 Å². The van der Waals surface area contributed by atoms with Gasteiger partial charge in [-0.2, -0.15) is 5.48 Å². The lowest BCUT2D eigenvalue weighted by Crippen LogP contribution is -2.42. The highest BCUT2D eigenvalue weighted by Gasteiger charge is 2.34. The number of hydrogen-bond acceptors (Lipinski definition) is 7. The number of benzene rings is 2. The normalized spacial score (nSPS) is 20.8. The van der Waals surface area contributed by atoms with E-state index < -0.39 is 27.8 Å². The molecule has 3 N–H and O–H groups in total. The van der Waals surface area contributed by atoms with E-state index in [4.69, 9.17) is 4.84 Å². The number of hydrogen-bond donors (Lipinski definition) is 3. The van der Waals surface area contributed by atoms with Crippen LogP contribution in [0.1, 0.15) is 72.9 Å². The first-order valence-corrected chi connectivity index (χ1v) is 17.0. The lowest BCUT2D eigenvalue weighted by molar-refractivity contribution is -0.139. The average molecular weight is 600 g/mol. The summed E-state index contributed by atoms with van der Waals surface area (Å²) in [6.45, 7) is 3.62. The van der Waals surface area contributed by atoms with Crippen molar-refractivity contribution < 1.29 is 28.0 Å². The third-order valence-electron chi connectivity index (χ3n) is 8.67. The first kappa shape index (κ1) is 32.1. The Morgan fingerprint density at radius 1 is 1.07 bits per heavy atom. The Kier molecular flexibility index (Phi) is 11.2. The molecule has 1 saturated heterocycles. The van der Waals surface area contributed by atoms with Crippen molar-refractivity contribution in [3.05, 3.63) is 59.2 Å². The van der Waals surface area contributed by atoms with Gasteiger partial charge in [0.25, 0.3) is 5.91 Å². The molecule has 2 aliphatic rings. The van der Waals surface area contributed by atoms with Crippen molar-refractivity contribution >= 4 is 21.7 Å². The number of rotatable bonds is 13. The second-order valence-electron chi connectivity index (χ2n) is 12.1. The summed E-state index contributed by atoms with van der Waals surface area (Å²) in [4.78, 5) is 33.1. The van der Waals surface area contributed by atoms with Crippen LogP contribution in [0.15, 0.2) is 42.5 Å². The van der Waals surface area contributed by atoms with Crippen LogP contribution in [-0.2, 0) is 26.0 Å². The molecule has 10 heteroatoms. The minimum Gasteiger partial charge on any atom is -0.480 e. The first-order chi connectivity index (χ1) is 20.0. The molecule has 0 unspecified atom stereocenters. The SMILES string of the molecule is CON[C@@H]1C[C@@H](CC2CCCCC2)CN1Cc1ccc(C(=O)N[C@@H](CCS(C)(=O)=O)C(=O)O)c(-c2ccccc2C)c1. The summed E-state index contributed by atoms with van der Waals surface area (Å²) in [7, 11) is -1.73. The van der Waals surface area contributed by atoms with E-state index in [2.05, 4.69) is 15.7 Å². The van der Waals surface area contributed by atoms with Gasteiger partial charge < -0.3 is 15.3 Å². The third kappa shape index (κ3) is 8.86. The molecule has 2 aromatic carbocycles. The molecule has 1 aliphatic carbocycles. The zero-order valence-electron chi connectivity index (χ0n) is 25.0. The maximum atomic E-state index is 13.5. The van der Waals surface area contributed by atoms with Gasteiger partial charge in [0.05, 0.1) is 19.0 Å². The first-order valence-electron chi connectivity index (χ1n) is 15.0. The van der Waals surface area contributed by atoms with Crippen LogP contribution in [0.25, 0.3) is 11.1 Å². The third-order valence-corrected chi connectivity index (χ3v) is 9.64. The van der Waals surface area contributed by atoms with E-state index >= 15 is 0 Å². The zero-order valence-corrected chi connectivity index (χ0v) is 25.8. The van der Waals surface area contributed by atoms with Gasteiger partial charge >= 0.3 is 5.97 Å². The predicted molar refractivity (Wildman–Crippen MR) is 163 cm³/mol. The Balaban J connectivity index is 1.57. The van der Waals surface area contributed by atoms with Crippen molar-refractivity contribution in [3.63, 3.8) is 0 Å². The molecule has 1 saturated carbocycles. The van der Waals surface area contributed by atoms with Gasteiger partial charge in [-0.3, -0.25) is 9.69 Å². The summed E-state index contributed by atoms with van der Waals surface area (Å²) in [6.07, 6.45) is 9.92. The molecule has 1 amide bonds. The molecule has 230 valence electrons. The van der Waals surface area contributed by atoms with Gasteiger partial charge in [0.15, 0.2) is 0 Å². The number of carbonyl (C=O) groups excluding carboxylic acids is 1. The maximum absolute atomic E-state index is 13.5. The van der Waals surface area contributed by atoms with Gasteiger partial charge in [-0.05, 0) is 72.4 Å². The van der Waals surface area contributed by atoms with E-state index in [1.165, 1.54) is 38.5 Å². The highest BCUT2D eigenvalue weighted by atomic mass is 32.2. The number of aryl methyl sites for hydroxylation is 1. The van der Waals surface area contributed by atoms with E-state index in [1.807, 2.05) is 43.3 Å². The lowest BCUT2D eigenvalue weighted by Gasteiger charge is -2.25. The quantitative estimate of drug-likeness (QED) is 0.287. The van der Waals surface area contributed by atoms with Crippen LogP contribution in [0.5, 0.6) is 0 Å². The van der Waals surface area contributed by atoms with Crippen molar-refractivity contribution in [1.29, 1.82) is 0 Å². The van der Waals surface area contributed by atoms with Crippen LogP contribution in [0, 0.1) is 18.8 Å². The summed E-state index contributed by atoms with van der Waals surface area (Å²) in [5.74, 6) is -0.740. The number of nitrogens with one attached hydrogen (secondary N) is 2. The highest BCUT2D eigenvalue weighted by molar-refractivity contribution is 7.90. The minimum atomic E-state index is -3.38. The van der Waals surface area contributed by atoms with Gasteiger partial charge in [0.1, 0.15) is 15.9 Å². The molecule has 4 rings (SSSR count). The molecule has 0 radical (unpaired) electrons. The van der Waals surface area contributed by atoms with Gasteiger partial charge in [0, 0.05) is 24.9 Å². The van der Waals surface area contributed by atoms with E-state index in [9.17, 15) is 23.1 Å². The van der Waals surface area contributed by atoms with Crippen LogP contribution in [0.4, 0.5) is 0 Å². The monoisotopic (exact) mass is 599 g/mol. The highest BCUT2D eigenvalue weighted by Crippen LogP contribution is 2.35. The molecular formula is C32H45N3O6S. The standard InChI is InChI=1S/C32H45N3O6S/c1-22-9-7-8-12-26(22)28-18-24(13-14-27(28)31(36)33-29(32(37)38)15-16-42(3,39)40)20-35-21-25(19-30(35)34-41-2)17-23-10-5-4-6-11-23/h7-9,12-14,18,23,25,29-30,34H,4-6,10-11,15-17,19-21H2,1-3H3,(H,33,36)(H,37,38)/t25-,29+,30+/m1/s1. The molecule has 9 nitrogen and oxygen atoms in total. The summed E-state index contributed by atoms with van der Waals surface area (Å²) in [5.41, 5.74) is 7.16.